The fourth-order valence-corrected chi connectivity index (χ4v) is 3.14. The van der Waals surface area contributed by atoms with Crippen molar-refractivity contribution in [1.29, 1.82) is 0 Å². The van der Waals surface area contributed by atoms with E-state index >= 15 is 0 Å². The summed E-state index contributed by atoms with van der Waals surface area (Å²) in [4.78, 5) is 2.51. The van der Waals surface area contributed by atoms with E-state index in [0.717, 1.165) is 37.0 Å². The molecule has 0 aromatic heterocycles. The summed E-state index contributed by atoms with van der Waals surface area (Å²) in [7, 11) is 1.71. The SMILES string of the molecule is COc1cccc(C(c2ccc(Cl)cc2)N2CCNCC2)c1. The molecule has 1 N–H and O–H groups in total. The maximum atomic E-state index is 6.05. The van der Waals surface area contributed by atoms with Gasteiger partial charge in [0.2, 0.25) is 0 Å². The Morgan fingerprint density at radius 3 is 2.45 bits per heavy atom. The summed E-state index contributed by atoms with van der Waals surface area (Å²) >= 11 is 6.05. The van der Waals surface area contributed by atoms with Crippen LogP contribution in [0.1, 0.15) is 17.2 Å². The fraction of sp³-hybridized carbons (Fsp3) is 0.333. The Labute approximate surface area is 136 Å². The quantitative estimate of drug-likeness (QED) is 0.936. The van der Waals surface area contributed by atoms with Gasteiger partial charge in [0.1, 0.15) is 5.75 Å². The van der Waals surface area contributed by atoms with Crippen LogP contribution in [0.3, 0.4) is 0 Å². The van der Waals surface area contributed by atoms with Crippen molar-refractivity contribution < 1.29 is 4.74 Å². The summed E-state index contributed by atoms with van der Waals surface area (Å²) in [5.74, 6) is 0.895. The van der Waals surface area contributed by atoms with Gasteiger partial charge in [0.15, 0.2) is 0 Å². The van der Waals surface area contributed by atoms with Gasteiger partial charge in [-0.25, -0.2) is 0 Å². The Balaban J connectivity index is 1.99. The lowest BCUT2D eigenvalue weighted by atomic mass is 9.96. The number of hydrogen-bond acceptors (Lipinski definition) is 3. The molecular formula is C18H21ClN2O. The standard InChI is InChI=1S/C18H21ClN2O/c1-22-17-4-2-3-15(13-17)18(21-11-9-20-10-12-21)14-5-7-16(19)8-6-14/h2-8,13,18,20H,9-12H2,1H3. The van der Waals surface area contributed by atoms with E-state index in [1.165, 1.54) is 11.1 Å². The van der Waals surface area contributed by atoms with Crippen LogP contribution in [0.2, 0.25) is 5.02 Å². The average molecular weight is 317 g/mol. The molecule has 0 amide bonds. The van der Waals surface area contributed by atoms with Gasteiger partial charge >= 0.3 is 0 Å². The van der Waals surface area contributed by atoms with Gasteiger partial charge in [-0.3, -0.25) is 4.90 Å². The number of benzene rings is 2. The molecule has 1 fully saturated rings. The Morgan fingerprint density at radius 1 is 1.05 bits per heavy atom. The number of hydrogen-bond donors (Lipinski definition) is 1. The van der Waals surface area contributed by atoms with Crippen LogP contribution in [-0.4, -0.2) is 38.2 Å². The van der Waals surface area contributed by atoms with Crippen LogP contribution in [0.4, 0.5) is 0 Å². The van der Waals surface area contributed by atoms with Crippen LogP contribution in [-0.2, 0) is 0 Å². The highest BCUT2D eigenvalue weighted by molar-refractivity contribution is 6.30. The van der Waals surface area contributed by atoms with Gasteiger partial charge in [-0.05, 0) is 35.4 Å². The van der Waals surface area contributed by atoms with E-state index in [-0.39, 0.29) is 6.04 Å². The molecule has 22 heavy (non-hydrogen) atoms. The minimum Gasteiger partial charge on any atom is -0.497 e. The van der Waals surface area contributed by atoms with E-state index in [4.69, 9.17) is 16.3 Å². The van der Waals surface area contributed by atoms with E-state index in [2.05, 4.69) is 40.5 Å². The van der Waals surface area contributed by atoms with E-state index in [9.17, 15) is 0 Å². The largest absolute Gasteiger partial charge is 0.497 e. The minimum absolute atomic E-state index is 0.231. The minimum atomic E-state index is 0.231. The Bertz CT molecular complexity index is 609. The summed E-state index contributed by atoms with van der Waals surface area (Å²) in [6.07, 6.45) is 0. The lowest BCUT2D eigenvalue weighted by molar-refractivity contribution is 0.198. The topological polar surface area (TPSA) is 24.5 Å². The van der Waals surface area contributed by atoms with Crippen molar-refractivity contribution >= 4 is 11.6 Å². The first-order chi connectivity index (χ1) is 10.8. The second-order valence-corrected chi connectivity index (χ2v) is 5.95. The number of halogens is 1. The first kappa shape index (κ1) is 15.3. The van der Waals surface area contributed by atoms with Gasteiger partial charge in [0.05, 0.1) is 13.2 Å². The Kier molecular flexibility index (Phi) is 4.98. The molecule has 2 aromatic rings. The van der Waals surface area contributed by atoms with Gasteiger partial charge in [0.25, 0.3) is 0 Å². The third-order valence-electron chi connectivity index (χ3n) is 4.11. The summed E-state index contributed by atoms with van der Waals surface area (Å²) in [6, 6.07) is 16.7. The molecule has 1 aliphatic rings. The molecule has 3 rings (SSSR count). The molecule has 1 aliphatic heterocycles. The lowest BCUT2D eigenvalue weighted by Gasteiger charge is -2.35. The summed E-state index contributed by atoms with van der Waals surface area (Å²) in [5, 5.41) is 4.19. The van der Waals surface area contributed by atoms with Gasteiger partial charge in [-0.1, -0.05) is 35.9 Å². The van der Waals surface area contributed by atoms with E-state index < -0.39 is 0 Å². The van der Waals surface area contributed by atoms with Crippen LogP contribution < -0.4 is 10.1 Å². The highest BCUT2D eigenvalue weighted by Gasteiger charge is 2.24. The number of rotatable bonds is 4. The van der Waals surface area contributed by atoms with Crippen LogP contribution in [0.25, 0.3) is 0 Å². The first-order valence-corrected chi connectivity index (χ1v) is 8.00. The predicted octanol–water partition coefficient (Wildman–Crippen LogP) is 3.34. The van der Waals surface area contributed by atoms with Crippen molar-refractivity contribution in [3.8, 4) is 5.75 Å². The summed E-state index contributed by atoms with van der Waals surface area (Å²) in [6.45, 7) is 4.11. The normalized spacial score (nSPS) is 17.2. The monoisotopic (exact) mass is 316 g/mol. The van der Waals surface area contributed by atoms with Crippen molar-refractivity contribution in [2.24, 2.45) is 0 Å². The van der Waals surface area contributed by atoms with Crippen LogP contribution in [0.15, 0.2) is 48.5 Å². The van der Waals surface area contributed by atoms with Gasteiger partial charge < -0.3 is 10.1 Å². The number of nitrogens with zero attached hydrogens (tertiary/aromatic N) is 1. The molecule has 2 aromatic carbocycles. The van der Waals surface area contributed by atoms with E-state index in [1.807, 2.05) is 18.2 Å². The smallest absolute Gasteiger partial charge is 0.119 e. The predicted molar refractivity (Wildman–Crippen MR) is 90.7 cm³/mol. The number of nitrogens with one attached hydrogen (secondary N) is 1. The zero-order chi connectivity index (χ0) is 15.4. The molecule has 0 radical (unpaired) electrons. The lowest BCUT2D eigenvalue weighted by Crippen LogP contribution is -2.45. The molecule has 3 nitrogen and oxygen atoms in total. The van der Waals surface area contributed by atoms with Crippen LogP contribution in [0, 0.1) is 0 Å². The number of ether oxygens (including phenoxy) is 1. The molecule has 0 spiro atoms. The molecular weight excluding hydrogens is 296 g/mol. The van der Waals surface area contributed by atoms with Crippen molar-refractivity contribution in [2.45, 2.75) is 6.04 Å². The Hall–Kier alpha value is -1.55. The molecule has 0 bridgehead atoms. The van der Waals surface area contributed by atoms with Crippen LogP contribution >= 0.6 is 11.6 Å². The molecule has 1 unspecified atom stereocenters. The molecule has 1 atom stereocenters. The second kappa shape index (κ2) is 7.14. The van der Waals surface area contributed by atoms with Crippen molar-refractivity contribution in [2.75, 3.05) is 33.3 Å². The number of methoxy groups -OCH3 is 1. The van der Waals surface area contributed by atoms with Crippen molar-refractivity contribution in [3.05, 3.63) is 64.7 Å². The van der Waals surface area contributed by atoms with E-state index in [0.29, 0.717) is 0 Å². The molecule has 0 aliphatic carbocycles. The van der Waals surface area contributed by atoms with Crippen molar-refractivity contribution in [3.63, 3.8) is 0 Å². The van der Waals surface area contributed by atoms with E-state index in [1.54, 1.807) is 7.11 Å². The highest BCUT2D eigenvalue weighted by Crippen LogP contribution is 2.31. The fourth-order valence-electron chi connectivity index (χ4n) is 3.01. The summed E-state index contributed by atoms with van der Waals surface area (Å²) in [5.41, 5.74) is 2.52. The number of piperazine rings is 1. The van der Waals surface area contributed by atoms with Gasteiger partial charge in [-0.15, -0.1) is 0 Å². The molecule has 116 valence electrons. The zero-order valence-electron chi connectivity index (χ0n) is 12.8. The Morgan fingerprint density at radius 2 is 1.77 bits per heavy atom. The molecule has 0 saturated carbocycles. The van der Waals surface area contributed by atoms with Crippen molar-refractivity contribution in [1.82, 2.24) is 10.2 Å². The average Bonchev–Trinajstić information content (AvgIpc) is 2.58. The summed E-state index contributed by atoms with van der Waals surface area (Å²) < 4.78 is 5.40. The van der Waals surface area contributed by atoms with Crippen LogP contribution in [0.5, 0.6) is 5.75 Å². The molecule has 1 heterocycles. The highest BCUT2D eigenvalue weighted by atomic mass is 35.5. The zero-order valence-corrected chi connectivity index (χ0v) is 13.5. The maximum Gasteiger partial charge on any atom is 0.119 e. The second-order valence-electron chi connectivity index (χ2n) is 5.52. The first-order valence-electron chi connectivity index (χ1n) is 7.62. The molecule has 4 heteroatoms. The maximum absolute atomic E-state index is 6.05. The van der Waals surface area contributed by atoms with Gasteiger partial charge in [0, 0.05) is 31.2 Å². The third-order valence-corrected chi connectivity index (χ3v) is 4.36. The third kappa shape index (κ3) is 3.43. The van der Waals surface area contributed by atoms with Gasteiger partial charge in [-0.2, -0.15) is 0 Å². The molecule has 1 saturated heterocycles.